The fourth-order valence-electron chi connectivity index (χ4n) is 8.59. The van der Waals surface area contributed by atoms with Crippen molar-refractivity contribution in [2.45, 2.75) is 103 Å². The van der Waals surface area contributed by atoms with Gasteiger partial charge in [-0.2, -0.15) is 0 Å². The van der Waals surface area contributed by atoms with Gasteiger partial charge in [0.25, 0.3) is 0 Å². The minimum Gasteiger partial charge on any atom is -0.462 e. The molecule has 1 heterocycles. The van der Waals surface area contributed by atoms with Crippen molar-refractivity contribution in [1.29, 1.82) is 0 Å². The second-order valence-corrected chi connectivity index (χ2v) is 11.8. The van der Waals surface area contributed by atoms with E-state index in [9.17, 15) is 19.5 Å². The van der Waals surface area contributed by atoms with Crippen molar-refractivity contribution in [2.24, 2.45) is 28.6 Å². The van der Waals surface area contributed by atoms with E-state index in [0.29, 0.717) is 24.7 Å². The summed E-state index contributed by atoms with van der Waals surface area (Å²) in [5, 5.41) is 12.1. The van der Waals surface area contributed by atoms with Gasteiger partial charge in [0, 0.05) is 32.8 Å². The zero-order valence-electron chi connectivity index (χ0n) is 21.4. The maximum atomic E-state index is 13.7. The number of methoxy groups -OCH3 is 1. The smallest absolute Gasteiger partial charge is 0.303 e. The standard InChI is InChI=1S/C27H38O8/c1-14(28)33-17-8-10-25(3)16(12-17)6-7-18-19(25)9-11-26(4)20(18)13-21-27(26,31)23(30)22(34-15(2)29)24(32-5)35-21/h6,17-22,24,31H,7-13H2,1-5H3/t17-,18+,19-,20-,21?,22-,24-,25-,26-,27-/m0/s1. The molecule has 0 amide bonds. The van der Waals surface area contributed by atoms with E-state index >= 15 is 0 Å². The van der Waals surface area contributed by atoms with Crippen LogP contribution in [0.4, 0.5) is 0 Å². The average Bonchev–Trinajstić information content (AvgIpc) is 3.03. The molecule has 1 aliphatic heterocycles. The number of carbonyl (C=O) groups is 3. The highest BCUT2D eigenvalue weighted by molar-refractivity contribution is 5.95. The first-order chi connectivity index (χ1) is 16.5. The SMILES string of the molecule is CO[C@H]1OC2C[C@H]3[C@@H]4CC=C5C[C@@H](OC(C)=O)CC[C@]5(C)[C@H]4CC[C@]3(C)[C@@]2(O)C(=O)[C@@H]1OC(C)=O. The van der Waals surface area contributed by atoms with E-state index in [1.54, 1.807) is 0 Å². The summed E-state index contributed by atoms with van der Waals surface area (Å²) in [5.41, 5.74) is -0.993. The summed E-state index contributed by atoms with van der Waals surface area (Å²) in [4.78, 5) is 37.0. The third-order valence-corrected chi connectivity index (χ3v) is 10.3. The summed E-state index contributed by atoms with van der Waals surface area (Å²) in [5.74, 6) is -0.503. The van der Waals surface area contributed by atoms with Crippen molar-refractivity contribution in [3.63, 3.8) is 0 Å². The first-order valence-corrected chi connectivity index (χ1v) is 12.9. The Balaban J connectivity index is 1.45. The summed E-state index contributed by atoms with van der Waals surface area (Å²) in [6.45, 7) is 7.07. The van der Waals surface area contributed by atoms with Crippen LogP contribution in [-0.2, 0) is 33.3 Å². The molecule has 35 heavy (non-hydrogen) atoms. The van der Waals surface area contributed by atoms with E-state index in [1.165, 1.54) is 26.5 Å². The number of allylic oxidation sites excluding steroid dienone is 1. The average molecular weight is 491 g/mol. The molecule has 8 nitrogen and oxygen atoms in total. The van der Waals surface area contributed by atoms with E-state index in [2.05, 4.69) is 13.0 Å². The number of hydrogen-bond donors (Lipinski definition) is 1. The van der Waals surface area contributed by atoms with Crippen LogP contribution in [0.2, 0.25) is 0 Å². The Kier molecular flexibility index (Phi) is 5.97. The van der Waals surface area contributed by atoms with E-state index in [0.717, 1.165) is 32.1 Å². The van der Waals surface area contributed by atoms with Crippen molar-refractivity contribution in [2.75, 3.05) is 7.11 Å². The topological polar surface area (TPSA) is 108 Å². The Bertz CT molecular complexity index is 959. The highest BCUT2D eigenvalue weighted by Gasteiger charge is 2.74. The molecule has 1 saturated heterocycles. The third kappa shape index (κ3) is 3.46. The fraction of sp³-hybridized carbons (Fsp3) is 0.815. The van der Waals surface area contributed by atoms with E-state index in [4.69, 9.17) is 18.9 Å². The zero-order valence-corrected chi connectivity index (χ0v) is 21.4. The molecule has 3 saturated carbocycles. The Morgan fingerprint density at radius 1 is 1.09 bits per heavy atom. The Morgan fingerprint density at radius 3 is 2.46 bits per heavy atom. The number of hydrogen-bond acceptors (Lipinski definition) is 8. The molecular formula is C27H38O8. The van der Waals surface area contributed by atoms with Gasteiger partial charge < -0.3 is 24.1 Å². The zero-order chi connectivity index (χ0) is 25.3. The fourth-order valence-corrected chi connectivity index (χ4v) is 8.59. The van der Waals surface area contributed by atoms with Crippen LogP contribution in [0.25, 0.3) is 0 Å². The molecule has 0 aromatic rings. The van der Waals surface area contributed by atoms with Gasteiger partial charge in [0.1, 0.15) is 6.10 Å². The molecular weight excluding hydrogens is 452 g/mol. The molecule has 0 radical (unpaired) electrons. The molecule has 8 heteroatoms. The lowest BCUT2D eigenvalue weighted by molar-refractivity contribution is -0.274. The maximum Gasteiger partial charge on any atom is 0.303 e. The lowest BCUT2D eigenvalue weighted by Gasteiger charge is -2.59. The molecule has 5 rings (SSSR count). The first kappa shape index (κ1) is 24.9. The van der Waals surface area contributed by atoms with Crippen LogP contribution in [0.3, 0.4) is 0 Å². The van der Waals surface area contributed by atoms with E-state index in [-0.39, 0.29) is 23.4 Å². The van der Waals surface area contributed by atoms with Gasteiger partial charge in [-0.05, 0) is 61.7 Å². The molecule has 0 aromatic carbocycles. The molecule has 0 aromatic heterocycles. The normalized spacial score (nSPS) is 48.6. The van der Waals surface area contributed by atoms with Gasteiger partial charge in [0.2, 0.25) is 18.2 Å². The minimum atomic E-state index is -1.73. The third-order valence-electron chi connectivity index (χ3n) is 10.3. The number of ether oxygens (including phenoxy) is 4. The highest BCUT2D eigenvalue weighted by Crippen LogP contribution is 2.68. The van der Waals surface area contributed by atoms with Gasteiger partial charge in [0.05, 0.1) is 6.10 Å². The van der Waals surface area contributed by atoms with Crippen LogP contribution in [0.1, 0.15) is 72.6 Å². The summed E-state index contributed by atoms with van der Waals surface area (Å²) in [6.07, 6.45) is 4.92. The Hall–Kier alpha value is -1.77. The summed E-state index contributed by atoms with van der Waals surface area (Å²) in [7, 11) is 1.42. The van der Waals surface area contributed by atoms with E-state index in [1.807, 2.05) is 6.92 Å². The van der Waals surface area contributed by atoms with Crippen LogP contribution in [0.5, 0.6) is 0 Å². The van der Waals surface area contributed by atoms with Gasteiger partial charge in [-0.3, -0.25) is 14.4 Å². The van der Waals surface area contributed by atoms with Crippen molar-refractivity contribution >= 4 is 17.7 Å². The predicted octanol–water partition coefficient (Wildman–Crippen LogP) is 3.09. The summed E-state index contributed by atoms with van der Waals surface area (Å²) >= 11 is 0. The molecule has 4 fully saturated rings. The lowest BCUT2D eigenvalue weighted by atomic mass is 9.46. The molecule has 0 spiro atoms. The molecule has 0 bridgehead atoms. The number of esters is 2. The van der Waals surface area contributed by atoms with Crippen molar-refractivity contribution in [1.82, 2.24) is 0 Å². The molecule has 4 aliphatic carbocycles. The van der Waals surface area contributed by atoms with Gasteiger partial charge in [0.15, 0.2) is 5.60 Å². The predicted molar refractivity (Wildman–Crippen MR) is 124 cm³/mol. The minimum absolute atomic E-state index is 0.0253. The van der Waals surface area contributed by atoms with Crippen molar-refractivity contribution in [3.8, 4) is 0 Å². The van der Waals surface area contributed by atoms with Gasteiger partial charge in [-0.15, -0.1) is 0 Å². The van der Waals surface area contributed by atoms with Gasteiger partial charge in [-0.1, -0.05) is 25.5 Å². The number of aliphatic hydroxyl groups is 1. The van der Waals surface area contributed by atoms with Crippen LogP contribution in [0.15, 0.2) is 11.6 Å². The number of rotatable bonds is 3. The molecule has 1 N–H and O–H groups in total. The van der Waals surface area contributed by atoms with Crippen molar-refractivity contribution < 1.29 is 38.4 Å². The van der Waals surface area contributed by atoms with Crippen LogP contribution in [0, 0.1) is 28.6 Å². The number of Topliss-reactive ketones (excluding diaryl/α,β-unsaturated/α-hetero) is 1. The largest absolute Gasteiger partial charge is 0.462 e. The quantitative estimate of drug-likeness (QED) is 0.475. The molecule has 10 atom stereocenters. The Labute approximate surface area is 206 Å². The second kappa shape index (κ2) is 8.38. The molecule has 1 unspecified atom stereocenters. The first-order valence-electron chi connectivity index (χ1n) is 12.9. The molecule has 5 aliphatic rings. The maximum absolute atomic E-state index is 13.7. The molecule has 194 valence electrons. The monoisotopic (exact) mass is 490 g/mol. The lowest BCUT2D eigenvalue weighted by Crippen LogP contribution is -2.68. The number of fused-ring (bicyclic) bond motifs is 7. The Morgan fingerprint density at radius 2 is 1.80 bits per heavy atom. The van der Waals surface area contributed by atoms with Crippen LogP contribution < -0.4 is 0 Å². The second-order valence-electron chi connectivity index (χ2n) is 11.8. The van der Waals surface area contributed by atoms with E-state index < -0.39 is 41.3 Å². The number of carbonyl (C=O) groups excluding carboxylic acids is 3. The highest BCUT2D eigenvalue weighted by atomic mass is 16.7. The van der Waals surface area contributed by atoms with Crippen LogP contribution >= 0.6 is 0 Å². The summed E-state index contributed by atoms with van der Waals surface area (Å²) in [6, 6.07) is 0. The van der Waals surface area contributed by atoms with Gasteiger partial charge >= 0.3 is 11.9 Å². The van der Waals surface area contributed by atoms with Crippen molar-refractivity contribution in [3.05, 3.63) is 11.6 Å². The van der Waals surface area contributed by atoms with Gasteiger partial charge in [-0.25, -0.2) is 0 Å². The number of ketones is 1. The van der Waals surface area contributed by atoms with Crippen LogP contribution in [-0.4, -0.2) is 60.1 Å². The summed E-state index contributed by atoms with van der Waals surface area (Å²) < 4.78 is 22.3.